The van der Waals surface area contributed by atoms with Crippen molar-refractivity contribution in [3.8, 4) is 0 Å². The highest BCUT2D eigenvalue weighted by atomic mass is 35.5. The zero-order chi connectivity index (χ0) is 26.5. The predicted molar refractivity (Wildman–Crippen MR) is 146 cm³/mol. The molecule has 0 aromatic carbocycles. The van der Waals surface area contributed by atoms with Crippen molar-refractivity contribution in [2.45, 2.75) is 112 Å². The van der Waals surface area contributed by atoms with Gasteiger partial charge >= 0.3 is 5.97 Å². The van der Waals surface area contributed by atoms with E-state index >= 15 is 0 Å². The number of hydrogen-bond donors (Lipinski definition) is 1. The molecule has 0 saturated heterocycles. The summed E-state index contributed by atoms with van der Waals surface area (Å²) in [4.78, 5) is 24.7. The van der Waals surface area contributed by atoms with Crippen LogP contribution in [0.1, 0.15) is 112 Å². The van der Waals surface area contributed by atoms with E-state index in [0.717, 1.165) is 38.5 Å². The Kier molecular flexibility index (Phi) is 6.19. The fourth-order valence-electron chi connectivity index (χ4n) is 12.1. The molecule has 0 amide bonds. The summed E-state index contributed by atoms with van der Waals surface area (Å²) in [5, 5.41) is 9.52. The molecule has 5 saturated carbocycles. The molecule has 0 aromatic rings. The summed E-state index contributed by atoms with van der Waals surface area (Å²) in [5.41, 5.74) is 1.63. The lowest BCUT2D eigenvalue weighted by Crippen LogP contribution is -2.66. The normalized spacial score (nSPS) is 51.3. The van der Waals surface area contributed by atoms with Crippen molar-refractivity contribution in [1.29, 1.82) is 0 Å². The second-order valence-corrected chi connectivity index (χ2v) is 15.6. The van der Waals surface area contributed by atoms with Crippen LogP contribution in [-0.4, -0.2) is 16.3 Å². The fourth-order valence-corrected chi connectivity index (χ4v) is 12.5. The number of fused-ring (bicyclic) bond motifs is 7. The molecule has 4 heteroatoms. The van der Waals surface area contributed by atoms with Crippen LogP contribution < -0.4 is 0 Å². The van der Waals surface area contributed by atoms with E-state index in [4.69, 9.17) is 11.6 Å². The van der Waals surface area contributed by atoms with Gasteiger partial charge in [-0.1, -0.05) is 46.8 Å². The molecule has 5 aliphatic carbocycles. The molecule has 0 aliphatic heterocycles. The first-order chi connectivity index (χ1) is 16.6. The summed E-state index contributed by atoms with van der Waals surface area (Å²) in [6.07, 6.45) is 11.4. The number of carboxylic acid groups (broad SMARTS) is 1. The molecule has 10 atom stereocenters. The van der Waals surface area contributed by atoms with Crippen molar-refractivity contribution < 1.29 is 14.7 Å². The topological polar surface area (TPSA) is 54.4 Å². The van der Waals surface area contributed by atoms with Gasteiger partial charge in [-0.25, -0.2) is 0 Å². The first kappa shape index (κ1) is 26.8. The van der Waals surface area contributed by atoms with Crippen LogP contribution in [0.15, 0.2) is 12.2 Å². The maximum absolute atomic E-state index is 13.0. The van der Waals surface area contributed by atoms with Gasteiger partial charge in [-0.15, -0.1) is 0 Å². The number of carboxylic acids is 1. The number of halogens is 1. The molecule has 5 fully saturated rings. The van der Waals surface area contributed by atoms with Crippen molar-refractivity contribution in [3.63, 3.8) is 0 Å². The van der Waals surface area contributed by atoms with Crippen LogP contribution in [0.5, 0.6) is 0 Å². The van der Waals surface area contributed by atoms with Gasteiger partial charge < -0.3 is 5.11 Å². The van der Waals surface area contributed by atoms with E-state index in [0.29, 0.717) is 36.0 Å². The molecule has 0 heterocycles. The zero-order valence-corrected chi connectivity index (χ0v) is 24.3. The van der Waals surface area contributed by atoms with Crippen LogP contribution in [-0.2, 0) is 9.59 Å². The van der Waals surface area contributed by atoms with Gasteiger partial charge in [0, 0.05) is 11.8 Å². The van der Waals surface area contributed by atoms with Crippen molar-refractivity contribution in [3.05, 3.63) is 12.2 Å². The van der Waals surface area contributed by atoms with Crippen molar-refractivity contribution in [2.24, 2.45) is 62.6 Å². The average Bonchev–Trinajstić information content (AvgIpc) is 3.17. The minimum Gasteiger partial charge on any atom is -0.481 e. The van der Waals surface area contributed by atoms with Gasteiger partial charge in [0.1, 0.15) is 0 Å². The third kappa shape index (κ3) is 3.29. The Morgan fingerprint density at radius 2 is 1.56 bits per heavy atom. The third-order valence-electron chi connectivity index (χ3n) is 14.1. The monoisotopic (exact) mass is 516 g/mol. The number of carbonyl (C=O) groups excluding carboxylic acids is 1. The summed E-state index contributed by atoms with van der Waals surface area (Å²) < 4.78 is 0. The van der Waals surface area contributed by atoms with Crippen molar-refractivity contribution >= 4 is 22.8 Å². The molecule has 0 aromatic heterocycles. The molecular formula is C32H49ClO3. The van der Waals surface area contributed by atoms with E-state index in [2.05, 4.69) is 48.1 Å². The number of carbonyl (C=O) groups is 2. The molecule has 36 heavy (non-hydrogen) atoms. The standard InChI is InChI=1S/C32H49ClO3/c1-19(2)21-11-15-32(27(33)36)17-16-30(6)22(26(21)32)8-9-24-29(5)13-10-20(18-25(34)35)28(3,4)23(29)12-14-31(24,30)7/h20-24,26H,1,8-18H2,2-7H3,(H,34,35)/t20-,21-,22+,23+,24+,26+,29+,30+,31+,32-/m0/s1. The quantitative estimate of drug-likeness (QED) is 0.301. The van der Waals surface area contributed by atoms with Crippen LogP contribution in [0.25, 0.3) is 0 Å². The Hall–Kier alpha value is -0.830. The highest BCUT2D eigenvalue weighted by Gasteiger charge is 2.71. The maximum Gasteiger partial charge on any atom is 0.303 e. The Labute approximate surface area is 224 Å². The summed E-state index contributed by atoms with van der Waals surface area (Å²) in [6, 6.07) is 0. The van der Waals surface area contributed by atoms with Crippen LogP contribution >= 0.6 is 11.6 Å². The Morgan fingerprint density at radius 1 is 0.861 bits per heavy atom. The number of aliphatic carboxylic acids is 1. The highest BCUT2D eigenvalue weighted by Crippen LogP contribution is 2.78. The first-order valence-electron chi connectivity index (χ1n) is 14.7. The van der Waals surface area contributed by atoms with E-state index in [1.165, 1.54) is 31.3 Å². The minimum absolute atomic E-state index is 0.0493. The van der Waals surface area contributed by atoms with E-state index in [-0.39, 0.29) is 38.2 Å². The van der Waals surface area contributed by atoms with Gasteiger partial charge in [0.25, 0.3) is 0 Å². The van der Waals surface area contributed by atoms with Gasteiger partial charge in [-0.05, 0) is 140 Å². The van der Waals surface area contributed by atoms with Gasteiger partial charge in [0.05, 0.1) is 0 Å². The van der Waals surface area contributed by atoms with Gasteiger partial charge in [0.15, 0.2) is 0 Å². The highest BCUT2D eigenvalue weighted by molar-refractivity contribution is 6.64. The lowest BCUT2D eigenvalue weighted by atomic mass is 9.32. The second kappa shape index (κ2) is 8.33. The molecule has 202 valence electrons. The maximum atomic E-state index is 13.0. The summed E-state index contributed by atoms with van der Waals surface area (Å²) >= 11 is 6.45. The summed E-state index contributed by atoms with van der Waals surface area (Å²) in [6.45, 7) is 19.1. The lowest BCUT2D eigenvalue weighted by Gasteiger charge is -2.73. The molecular weight excluding hydrogens is 468 g/mol. The van der Waals surface area contributed by atoms with E-state index in [9.17, 15) is 14.7 Å². The first-order valence-corrected chi connectivity index (χ1v) is 15.1. The molecule has 5 aliphatic rings. The zero-order valence-electron chi connectivity index (χ0n) is 23.6. The van der Waals surface area contributed by atoms with Crippen LogP contribution in [0, 0.1) is 62.6 Å². The minimum atomic E-state index is -0.645. The van der Waals surface area contributed by atoms with Crippen LogP contribution in [0.3, 0.4) is 0 Å². The fraction of sp³-hybridized carbons (Fsp3) is 0.875. The van der Waals surface area contributed by atoms with E-state index in [1.54, 1.807) is 0 Å². The molecule has 0 unspecified atom stereocenters. The molecule has 3 nitrogen and oxygen atoms in total. The van der Waals surface area contributed by atoms with Crippen LogP contribution in [0.4, 0.5) is 0 Å². The van der Waals surface area contributed by atoms with Gasteiger partial charge in [-0.3, -0.25) is 9.59 Å². The average molecular weight is 517 g/mol. The Bertz CT molecular complexity index is 970. The largest absolute Gasteiger partial charge is 0.481 e. The summed E-state index contributed by atoms with van der Waals surface area (Å²) in [5.74, 6) is 2.12. The number of hydrogen-bond acceptors (Lipinski definition) is 2. The number of allylic oxidation sites excluding steroid dienone is 1. The predicted octanol–water partition coefficient (Wildman–Crippen LogP) is 8.50. The lowest BCUT2D eigenvalue weighted by molar-refractivity contribution is -0.241. The molecule has 1 N–H and O–H groups in total. The smallest absolute Gasteiger partial charge is 0.303 e. The third-order valence-corrected chi connectivity index (χ3v) is 14.5. The van der Waals surface area contributed by atoms with Crippen LogP contribution in [0.2, 0.25) is 0 Å². The Balaban J connectivity index is 1.52. The second-order valence-electron chi connectivity index (χ2n) is 15.3. The van der Waals surface area contributed by atoms with E-state index in [1.807, 2.05) is 0 Å². The van der Waals surface area contributed by atoms with Gasteiger partial charge in [0.2, 0.25) is 5.24 Å². The van der Waals surface area contributed by atoms with Crippen molar-refractivity contribution in [2.75, 3.05) is 0 Å². The van der Waals surface area contributed by atoms with Crippen molar-refractivity contribution in [1.82, 2.24) is 0 Å². The van der Waals surface area contributed by atoms with E-state index < -0.39 is 5.97 Å². The number of rotatable bonds is 4. The SMILES string of the molecule is C=C(C)[C@@H]1CC[C@]2(C(=O)Cl)CC[C@]3(C)[C@H](CC[C@@H]4[C@]5(C)CC[C@@H](CC(=O)O)C(C)(C)[C@H]5CC[C@]43C)[C@@H]12. The molecule has 0 spiro atoms. The molecule has 5 rings (SSSR count). The van der Waals surface area contributed by atoms with Gasteiger partial charge in [-0.2, -0.15) is 0 Å². The molecule has 0 radical (unpaired) electrons. The molecule has 0 bridgehead atoms. The summed E-state index contributed by atoms with van der Waals surface area (Å²) in [7, 11) is 0. The Morgan fingerprint density at radius 3 is 2.17 bits per heavy atom.